The van der Waals surface area contributed by atoms with Crippen LogP contribution in [0.25, 0.3) is 10.9 Å². The Morgan fingerprint density at radius 1 is 0.938 bits per heavy atom. The van der Waals surface area contributed by atoms with Crippen LogP contribution in [0, 0.1) is 0 Å². The zero-order valence-corrected chi connectivity index (χ0v) is 17.5. The Labute approximate surface area is 185 Å². The molecule has 1 atom stereocenters. The average molecular weight is 429 g/mol. The molecule has 0 aliphatic carbocycles. The first-order valence-electron chi connectivity index (χ1n) is 10.2. The largest absolute Gasteiger partial charge is 0.495 e. The van der Waals surface area contributed by atoms with Gasteiger partial charge in [0.05, 0.1) is 12.8 Å². The van der Waals surface area contributed by atoms with E-state index in [-0.39, 0.29) is 12.3 Å². The molecule has 3 aromatic carbocycles. The van der Waals surface area contributed by atoms with Gasteiger partial charge in [-0.25, -0.2) is 4.79 Å². The first-order valence-corrected chi connectivity index (χ1v) is 10.2. The number of carbonyl (C=O) groups is 2. The second kappa shape index (κ2) is 9.70. The van der Waals surface area contributed by atoms with E-state index >= 15 is 0 Å². The number of carbonyl (C=O) groups excluding carboxylic acids is 2. The van der Waals surface area contributed by atoms with Crippen LogP contribution in [0.5, 0.6) is 11.5 Å². The fourth-order valence-electron chi connectivity index (χ4n) is 3.46. The Hall–Kier alpha value is -4.26. The maximum absolute atomic E-state index is 13.2. The number of aromatic amines is 1. The number of benzene rings is 3. The summed E-state index contributed by atoms with van der Waals surface area (Å²) in [6.45, 7) is 0. The number of rotatable bonds is 7. The molecule has 7 nitrogen and oxygen atoms in total. The van der Waals surface area contributed by atoms with Crippen LogP contribution in [0.15, 0.2) is 85.1 Å². The van der Waals surface area contributed by atoms with Crippen molar-refractivity contribution in [3.8, 4) is 11.5 Å². The molecule has 7 heteroatoms. The number of hydrogen-bond acceptors (Lipinski definition) is 4. The molecular weight excluding hydrogens is 406 g/mol. The van der Waals surface area contributed by atoms with Crippen LogP contribution in [0.3, 0.4) is 0 Å². The second-order valence-electron chi connectivity index (χ2n) is 7.15. The van der Waals surface area contributed by atoms with Gasteiger partial charge in [-0.2, -0.15) is 0 Å². The fraction of sp³-hybridized carbons (Fsp3) is 0.120. The summed E-state index contributed by atoms with van der Waals surface area (Å²) >= 11 is 0. The zero-order chi connectivity index (χ0) is 22.3. The highest BCUT2D eigenvalue weighted by Gasteiger charge is 2.24. The van der Waals surface area contributed by atoms with Crippen LogP contribution < -0.4 is 20.1 Å². The third-order valence-electron chi connectivity index (χ3n) is 5.03. The summed E-state index contributed by atoms with van der Waals surface area (Å²) in [6, 6.07) is 22.7. The van der Waals surface area contributed by atoms with E-state index in [9.17, 15) is 9.59 Å². The van der Waals surface area contributed by atoms with Crippen molar-refractivity contribution in [3.63, 3.8) is 0 Å². The van der Waals surface area contributed by atoms with Crippen LogP contribution in [0.4, 0.5) is 10.5 Å². The summed E-state index contributed by atoms with van der Waals surface area (Å²) in [5, 5.41) is 6.53. The number of fused-ring (bicyclic) bond motifs is 1. The van der Waals surface area contributed by atoms with Crippen LogP contribution in [-0.4, -0.2) is 30.1 Å². The molecule has 0 fully saturated rings. The van der Waals surface area contributed by atoms with Gasteiger partial charge in [0.25, 0.3) is 0 Å². The minimum atomic E-state index is -0.879. The van der Waals surface area contributed by atoms with Crippen molar-refractivity contribution in [2.45, 2.75) is 12.5 Å². The number of para-hydroxylation sites is 4. The number of H-pyrrole nitrogens is 1. The van der Waals surface area contributed by atoms with Crippen molar-refractivity contribution in [2.75, 3.05) is 12.4 Å². The van der Waals surface area contributed by atoms with E-state index in [0.29, 0.717) is 17.2 Å². The highest BCUT2D eigenvalue weighted by Crippen LogP contribution is 2.24. The standard InChI is InChI=1S/C25H23N3O4/c1-31-23-14-8-7-13-21(23)27-24(29)22(28-25(30)32-18-9-3-2-4-10-18)15-17-16-26-20-12-6-5-11-19(17)20/h2-14,16,22,26H,15H2,1H3,(H,27,29)(H,28,30). The lowest BCUT2D eigenvalue weighted by Crippen LogP contribution is -2.46. The van der Waals surface area contributed by atoms with E-state index in [1.165, 1.54) is 7.11 Å². The predicted molar refractivity (Wildman–Crippen MR) is 123 cm³/mol. The smallest absolute Gasteiger partial charge is 0.413 e. The Bertz CT molecular complexity index is 1220. The monoisotopic (exact) mass is 429 g/mol. The topological polar surface area (TPSA) is 92.5 Å². The quantitative estimate of drug-likeness (QED) is 0.403. The van der Waals surface area contributed by atoms with Crippen molar-refractivity contribution in [2.24, 2.45) is 0 Å². The molecule has 4 aromatic rings. The lowest BCUT2D eigenvalue weighted by atomic mass is 10.0. The Kier molecular flexibility index (Phi) is 6.36. The normalized spacial score (nSPS) is 11.5. The average Bonchev–Trinajstić information content (AvgIpc) is 3.22. The molecule has 0 saturated carbocycles. The van der Waals surface area contributed by atoms with Gasteiger partial charge < -0.3 is 25.1 Å². The number of ether oxygens (including phenoxy) is 2. The van der Waals surface area contributed by atoms with Gasteiger partial charge in [0, 0.05) is 23.5 Å². The van der Waals surface area contributed by atoms with E-state index in [2.05, 4.69) is 15.6 Å². The third-order valence-corrected chi connectivity index (χ3v) is 5.03. The highest BCUT2D eigenvalue weighted by atomic mass is 16.6. The molecule has 1 heterocycles. The van der Waals surface area contributed by atoms with Gasteiger partial charge in [-0.1, -0.05) is 48.5 Å². The molecule has 0 spiro atoms. The van der Waals surface area contributed by atoms with Gasteiger partial charge in [0.1, 0.15) is 17.5 Å². The Morgan fingerprint density at radius 3 is 2.47 bits per heavy atom. The molecule has 162 valence electrons. The van der Waals surface area contributed by atoms with Gasteiger partial charge in [0.2, 0.25) is 5.91 Å². The summed E-state index contributed by atoms with van der Waals surface area (Å²) < 4.78 is 10.7. The van der Waals surface area contributed by atoms with Crippen molar-refractivity contribution < 1.29 is 19.1 Å². The molecule has 0 aliphatic rings. The van der Waals surface area contributed by atoms with E-state index in [0.717, 1.165) is 16.5 Å². The lowest BCUT2D eigenvalue weighted by Gasteiger charge is -2.19. The number of nitrogens with one attached hydrogen (secondary N) is 3. The van der Waals surface area contributed by atoms with Gasteiger partial charge in [-0.15, -0.1) is 0 Å². The van der Waals surface area contributed by atoms with Gasteiger partial charge >= 0.3 is 6.09 Å². The molecule has 2 amide bonds. The molecule has 0 bridgehead atoms. The SMILES string of the molecule is COc1ccccc1NC(=O)C(Cc1c[nH]c2ccccc12)NC(=O)Oc1ccccc1. The van der Waals surface area contributed by atoms with Gasteiger partial charge in [-0.3, -0.25) is 4.79 Å². The van der Waals surface area contributed by atoms with E-state index in [1.54, 1.807) is 42.5 Å². The van der Waals surface area contributed by atoms with Crippen molar-refractivity contribution in [1.82, 2.24) is 10.3 Å². The molecule has 32 heavy (non-hydrogen) atoms. The minimum Gasteiger partial charge on any atom is -0.495 e. The number of aromatic nitrogens is 1. The molecule has 3 N–H and O–H groups in total. The zero-order valence-electron chi connectivity index (χ0n) is 17.5. The maximum Gasteiger partial charge on any atom is 0.413 e. The number of methoxy groups -OCH3 is 1. The Morgan fingerprint density at radius 2 is 1.66 bits per heavy atom. The van der Waals surface area contributed by atoms with Gasteiger partial charge in [-0.05, 0) is 35.9 Å². The number of anilines is 1. The molecule has 4 rings (SSSR count). The van der Waals surface area contributed by atoms with Crippen LogP contribution in [0.1, 0.15) is 5.56 Å². The third kappa shape index (κ3) is 4.89. The molecule has 1 aromatic heterocycles. The van der Waals surface area contributed by atoms with Crippen LogP contribution >= 0.6 is 0 Å². The fourth-order valence-corrected chi connectivity index (χ4v) is 3.46. The highest BCUT2D eigenvalue weighted by molar-refractivity contribution is 5.98. The second-order valence-corrected chi connectivity index (χ2v) is 7.15. The molecule has 0 aliphatic heterocycles. The molecular formula is C25H23N3O4. The molecule has 0 radical (unpaired) electrons. The maximum atomic E-state index is 13.2. The van der Waals surface area contributed by atoms with E-state index in [1.807, 2.05) is 42.6 Å². The van der Waals surface area contributed by atoms with Crippen molar-refractivity contribution >= 4 is 28.6 Å². The van der Waals surface area contributed by atoms with E-state index in [4.69, 9.17) is 9.47 Å². The number of hydrogen-bond donors (Lipinski definition) is 3. The summed E-state index contributed by atoms with van der Waals surface area (Å²) in [7, 11) is 1.53. The minimum absolute atomic E-state index is 0.273. The first kappa shape index (κ1) is 21.0. The van der Waals surface area contributed by atoms with E-state index < -0.39 is 12.1 Å². The number of amides is 2. The lowest BCUT2D eigenvalue weighted by molar-refractivity contribution is -0.118. The van der Waals surface area contributed by atoms with Crippen LogP contribution in [-0.2, 0) is 11.2 Å². The molecule has 0 saturated heterocycles. The van der Waals surface area contributed by atoms with Gasteiger partial charge in [0.15, 0.2) is 0 Å². The summed E-state index contributed by atoms with van der Waals surface area (Å²) in [6.07, 6.45) is 1.41. The van der Waals surface area contributed by atoms with Crippen LogP contribution in [0.2, 0.25) is 0 Å². The summed E-state index contributed by atoms with van der Waals surface area (Å²) in [4.78, 5) is 28.9. The summed E-state index contributed by atoms with van der Waals surface area (Å²) in [5.74, 6) is 0.532. The molecule has 1 unspecified atom stereocenters. The predicted octanol–water partition coefficient (Wildman–Crippen LogP) is 4.51. The van der Waals surface area contributed by atoms with Crippen molar-refractivity contribution in [3.05, 3.63) is 90.6 Å². The van der Waals surface area contributed by atoms with Crippen molar-refractivity contribution in [1.29, 1.82) is 0 Å². The Balaban J connectivity index is 1.56. The summed E-state index contributed by atoms with van der Waals surface area (Å²) in [5.41, 5.74) is 2.38. The first-order chi connectivity index (χ1) is 15.6.